The molecule has 0 fully saturated rings. The normalized spacial score (nSPS) is 16.7. The molecule has 0 aromatic heterocycles. The van der Waals surface area contributed by atoms with Gasteiger partial charge in [0.2, 0.25) is 0 Å². The van der Waals surface area contributed by atoms with Crippen LogP contribution in [0.25, 0.3) is 0 Å². The molecule has 7 heteroatoms. The van der Waals surface area contributed by atoms with Gasteiger partial charge in [-0.25, -0.2) is 9.59 Å². The summed E-state index contributed by atoms with van der Waals surface area (Å²) in [4.78, 5) is 35.0. The summed E-state index contributed by atoms with van der Waals surface area (Å²) in [6.07, 6.45) is 14.8. The van der Waals surface area contributed by atoms with Crippen molar-refractivity contribution in [1.29, 1.82) is 0 Å². The third-order valence-corrected chi connectivity index (χ3v) is 6.28. The molecule has 0 heterocycles. The van der Waals surface area contributed by atoms with E-state index in [0.717, 1.165) is 38.5 Å². The first kappa shape index (κ1) is 28.1. The van der Waals surface area contributed by atoms with Gasteiger partial charge in [-0.3, -0.25) is 4.48 Å². The van der Waals surface area contributed by atoms with E-state index in [4.69, 9.17) is 0 Å². The number of unbranched alkanes of at least 4 members (excludes halogenated alkanes) is 8. The average Bonchev–Trinajstić information content (AvgIpc) is 2.70. The molecule has 3 unspecified atom stereocenters. The van der Waals surface area contributed by atoms with Crippen LogP contribution < -0.4 is 5.11 Å². The summed E-state index contributed by atoms with van der Waals surface area (Å²) in [5.74, 6) is -3.84. The molecule has 0 saturated heterocycles. The molecule has 0 amide bonds. The number of aliphatic carboxylic acids is 3. The molecular weight excluding hydrogens is 386 g/mol. The van der Waals surface area contributed by atoms with Gasteiger partial charge < -0.3 is 20.1 Å². The molecule has 0 aliphatic rings. The molecule has 0 bridgehead atoms. The summed E-state index contributed by atoms with van der Waals surface area (Å²) in [7, 11) is 0. The Balaban J connectivity index is 4.75. The molecule has 2 N–H and O–H groups in total. The third-order valence-electron chi connectivity index (χ3n) is 6.28. The Hall–Kier alpha value is -1.89. The maximum Gasteiger partial charge on any atom is 0.362 e. The number of carboxylic acids is 3. The van der Waals surface area contributed by atoms with Crippen LogP contribution in [0.15, 0.2) is 12.2 Å². The minimum absolute atomic E-state index is 0.174. The van der Waals surface area contributed by atoms with Crippen molar-refractivity contribution in [2.24, 2.45) is 0 Å². The number of hydrogen-bond acceptors (Lipinski definition) is 4. The first-order valence-corrected chi connectivity index (χ1v) is 11.3. The van der Waals surface area contributed by atoms with Gasteiger partial charge in [-0.2, -0.15) is 0 Å². The van der Waals surface area contributed by atoms with Gasteiger partial charge in [-0.05, 0) is 59.3 Å². The maximum atomic E-state index is 11.7. The first-order chi connectivity index (χ1) is 14.1. The van der Waals surface area contributed by atoms with E-state index in [2.05, 4.69) is 19.1 Å². The van der Waals surface area contributed by atoms with Crippen molar-refractivity contribution in [1.82, 2.24) is 0 Å². The van der Waals surface area contributed by atoms with Crippen molar-refractivity contribution >= 4 is 17.9 Å². The average molecular weight is 428 g/mol. The molecule has 174 valence electrons. The monoisotopic (exact) mass is 427 g/mol. The summed E-state index contributed by atoms with van der Waals surface area (Å²) in [5.41, 5.74) is 0. The van der Waals surface area contributed by atoms with Crippen LogP contribution in [0.1, 0.15) is 91.9 Å². The van der Waals surface area contributed by atoms with Crippen LogP contribution >= 0.6 is 0 Å². The number of allylic oxidation sites excluding steroid dienone is 2. The number of carboxylic acid groups (broad SMARTS) is 3. The van der Waals surface area contributed by atoms with E-state index < -0.39 is 40.5 Å². The van der Waals surface area contributed by atoms with Crippen molar-refractivity contribution in [2.45, 2.75) is 110 Å². The zero-order valence-corrected chi connectivity index (χ0v) is 19.1. The van der Waals surface area contributed by atoms with Crippen molar-refractivity contribution in [3.05, 3.63) is 12.2 Å². The molecule has 0 aliphatic heterocycles. The molecule has 7 nitrogen and oxygen atoms in total. The summed E-state index contributed by atoms with van der Waals surface area (Å²) in [6.45, 7) is 6.48. The first-order valence-electron chi connectivity index (χ1n) is 11.3. The van der Waals surface area contributed by atoms with Crippen molar-refractivity contribution in [3.63, 3.8) is 0 Å². The van der Waals surface area contributed by atoms with Crippen LogP contribution in [-0.4, -0.2) is 57.3 Å². The van der Waals surface area contributed by atoms with Crippen LogP contribution in [0.3, 0.4) is 0 Å². The number of quaternary nitrogens is 1. The molecule has 3 atom stereocenters. The van der Waals surface area contributed by atoms with Gasteiger partial charge in [0.1, 0.15) is 6.04 Å². The lowest BCUT2D eigenvalue weighted by atomic mass is 10.00. The Kier molecular flexibility index (Phi) is 14.0. The standard InChI is InChI=1S/C23H41NO6/c1-5-6-7-8-9-10-11-12-13-14-15-16-17-24(18(2)21(25)26,19(3)22(27)28)20(4)23(29)30/h9-10,18-20H,5-8,11-17H2,1-4H3,(H2-,25,26,27,28,29,30)/b10-9+. The Bertz CT molecular complexity index is 510. The second-order valence-corrected chi connectivity index (χ2v) is 8.27. The number of rotatable bonds is 18. The molecule has 0 aromatic rings. The van der Waals surface area contributed by atoms with Crippen molar-refractivity contribution < 1.29 is 34.2 Å². The van der Waals surface area contributed by atoms with Crippen molar-refractivity contribution in [2.75, 3.05) is 6.54 Å². The van der Waals surface area contributed by atoms with E-state index in [1.165, 1.54) is 40.0 Å². The minimum atomic E-state index is -1.43. The summed E-state index contributed by atoms with van der Waals surface area (Å²) in [5, 5.41) is 30.7. The lowest BCUT2D eigenvalue weighted by molar-refractivity contribution is -0.969. The Morgan fingerprint density at radius 1 is 0.767 bits per heavy atom. The van der Waals surface area contributed by atoms with E-state index in [9.17, 15) is 29.7 Å². The summed E-state index contributed by atoms with van der Waals surface area (Å²) < 4.78 is -0.548. The molecule has 0 spiro atoms. The molecule has 0 saturated carbocycles. The second kappa shape index (κ2) is 15.0. The molecule has 0 aromatic carbocycles. The summed E-state index contributed by atoms with van der Waals surface area (Å²) >= 11 is 0. The number of nitrogens with zero attached hydrogens (tertiary/aromatic N) is 1. The zero-order chi connectivity index (χ0) is 23.2. The molecule has 30 heavy (non-hydrogen) atoms. The number of carbonyl (C=O) groups is 3. The van der Waals surface area contributed by atoms with Crippen LogP contribution in [0.5, 0.6) is 0 Å². The highest BCUT2D eigenvalue weighted by Gasteiger charge is 2.50. The summed E-state index contributed by atoms with van der Waals surface area (Å²) in [6, 6.07) is -3.57. The van der Waals surface area contributed by atoms with Gasteiger partial charge >= 0.3 is 11.9 Å². The Labute approximate surface area is 181 Å². The van der Waals surface area contributed by atoms with Crippen LogP contribution in [0.2, 0.25) is 0 Å². The maximum absolute atomic E-state index is 11.7. The highest BCUT2D eigenvalue weighted by Crippen LogP contribution is 2.27. The van der Waals surface area contributed by atoms with E-state index in [1.54, 1.807) is 0 Å². The van der Waals surface area contributed by atoms with Gasteiger partial charge in [0.25, 0.3) is 0 Å². The Morgan fingerprint density at radius 3 is 1.63 bits per heavy atom. The highest BCUT2D eigenvalue weighted by atomic mass is 16.4. The van der Waals surface area contributed by atoms with Gasteiger partial charge in [-0.15, -0.1) is 0 Å². The van der Waals surface area contributed by atoms with Gasteiger partial charge in [-0.1, -0.05) is 44.8 Å². The smallest absolute Gasteiger partial charge is 0.362 e. The highest BCUT2D eigenvalue weighted by molar-refractivity contribution is 5.76. The third kappa shape index (κ3) is 8.86. The van der Waals surface area contributed by atoms with Crippen LogP contribution in [-0.2, 0) is 14.4 Å². The lowest BCUT2D eigenvalue weighted by Gasteiger charge is -2.49. The van der Waals surface area contributed by atoms with Crippen LogP contribution in [0, 0.1) is 0 Å². The van der Waals surface area contributed by atoms with Gasteiger partial charge in [0.15, 0.2) is 12.1 Å². The lowest BCUT2D eigenvalue weighted by Crippen LogP contribution is -2.72. The predicted molar refractivity (Wildman–Crippen MR) is 115 cm³/mol. The van der Waals surface area contributed by atoms with Gasteiger partial charge in [0, 0.05) is 0 Å². The number of hydrogen-bond donors (Lipinski definition) is 2. The number of carbonyl (C=O) groups excluding carboxylic acids is 1. The van der Waals surface area contributed by atoms with E-state index >= 15 is 0 Å². The Morgan fingerprint density at radius 2 is 1.20 bits per heavy atom. The SMILES string of the molecule is CCCCC/C=C/CCCCCCC[N+](C(C)C(=O)[O-])(C(C)C(=O)O)C(C)C(=O)O. The van der Waals surface area contributed by atoms with Crippen molar-refractivity contribution in [3.8, 4) is 0 Å². The predicted octanol–water partition coefficient (Wildman–Crippen LogP) is 3.36. The minimum Gasteiger partial charge on any atom is -0.544 e. The second-order valence-electron chi connectivity index (χ2n) is 8.27. The molecule has 0 aliphatic carbocycles. The molecular formula is C23H41NO6. The van der Waals surface area contributed by atoms with E-state index in [1.807, 2.05) is 0 Å². The quantitative estimate of drug-likeness (QED) is 0.197. The zero-order valence-electron chi connectivity index (χ0n) is 19.1. The molecule has 0 rings (SSSR count). The topological polar surface area (TPSA) is 115 Å². The fourth-order valence-electron chi connectivity index (χ4n) is 4.12. The van der Waals surface area contributed by atoms with Crippen LogP contribution in [0.4, 0.5) is 0 Å². The largest absolute Gasteiger partial charge is 0.544 e. The fraction of sp³-hybridized carbons (Fsp3) is 0.783. The fourth-order valence-corrected chi connectivity index (χ4v) is 4.12. The van der Waals surface area contributed by atoms with Gasteiger partial charge in [0.05, 0.1) is 12.5 Å². The molecule has 0 radical (unpaired) electrons. The van der Waals surface area contributed by atoms with E-state index in [-0.39, 0.29) is 6.54 Å². The van der Waals surface area contributed by atoms with E-state index in [0.29, 0.717) is 6.42 Å².